The Kier molecular flexibility index (Phi) is 1.84. The number of imidazole rings is 1. The van der Waals surface area contributed by atoms with Crippen LogP contribution in [0.2, 0.25) is 0 Å². The second kappa shape index (κ2) is 2.86. The quantitative estimate of drug-likeness (QED) is 0.757. The summed E-state index contributed by atoms with van der Waals surface area (Å²) in [5, 5.41) is 0.827. The van der Waals surface area contributed by atoms with Crippen molar-refractivity contribution in [3.8, 4) is 0 Å². The molecule has 2 aromatic heterocycles. The van der Waals surface area contributed by atoms with Crippen LogP contribution in [0, 0.1) is 6.92 Å². The zero-order valence-corrected chi connectivity index (χ0v) is 8.22. The van der Waals surface area contributed by atoms with Crippen LogP contribution in [-0.2, 0) is 5.33 Å². The summed E-state index contributed by atoms with van der Waals surface area (Å²) in [6.45, 7) is 1.93. The molecule has 0 bridgehead atoms. The van der Waals surface area contributed by atoms with E-state index in [1.165, 1.54) is 5.56 Å². The Bertz CT molecular complexity index is 408. The molecule has 12 heavy (non-hydrogen) atoms. The lowest BCUT2D eigenvalue weighted by Gasteiger charge is -1.94. The molecule has 0 unspecified atom stereocenters. The van der Waals surface area contributed by atoms with E-state index in [0.717, 1.165) is 22.3 Å². The Balaban J connectivity index is 2.78. The van der Waals surface area contributed by atoms with Gasteiger partial charge in [0.25, 0.3) is 0 Å². The van der Waals surface area contributed by atoms with Gasteiger partial charge in [-0.3, -0.25) is 0 Å². The number of pyridine rings is 1. The summed E-state index contributed by atoms with van der Waals surface area (Å²) in [4.78, 5) is 11.6. The van der Waals surface area contributed by atoms with Gasteiger partial charge in [0.05, 0.1) is 5.52 Å². The Labute approximate surface area is 78.4 Å². The van der Waals surface area contributed by atoms with Crippen molar-refractivity contribution in [2.24, 2.45) is 0 Å². The van der Waals surface area contributed by atoms with Crippen molar-refractivity contribution in [1.82, 2.24) is 15.0 Å². The number of fused-ring (bicyclic) bond motifs is 1. The van der Waals surface area contributed by atoms with Gasteiger partial charge in [-0.15, -0.1) is 0 Å². The first-order valence-corrected chi connectivity index (χ1v) is 4.79. The van der Waals surface area contributed by atoms with E-state index in [4.69, 9.17) is 0 Å². The smallest absolute Gasteiger partial charge is 0.177 e. The predicted molar refractivity (Wildman–Crippen MR) is 51.3 cm³/mol. The van der Waals surface area contributed by atoms with E-state index in [0.29, 0.717) is 0 Å². The number of H-pyrrole nitrogens is 1. The first-order valence-electron chi connectivity index (χ1n) is 3.67. The van der Waals surface area contributed by atoms with E-state index in [2.05, 4.69) is 30.9 Å². The van der Waals surface area contributed by atoms with Crippen LogP contribution in [0.3, 0.4) is 0 Å². The number of nitrogens with one attached hydrogen (secondary N) is 1. The molecular formula is C8H8BrN3. The lowest BCUT2D eigenvalue weighted by Crippen LogP contribution is -1.82. The SMILES string of the molecule is Cc1nc2nccc(CBr)c2[nH]1. The van der Waals surface area contributed by atoms with Gasteiger partial charge in [-0.05, 0) is 18.6 Å². The standard InChI is InChI=1S/C8H8BrN3/c1-5-11-7-6(4-9)2-3-10-8(7)12-5/h2-3H,4H2,1H3,(H,10,11,12). The fourth-order valence-corrected chi connectivity index (χ4v) is 1.66. The first kappa shape index (κ1) is 7.73. The molecule has 0 aliphatic carbocycles. The van der Waals surface area contributed by atoms with Crippen molar-refractivity contribution in [3.63, 3.8) is 0 Å². The molecule has 0 spiro atoms. The number of aromatic amines is 1. The summed E-state index contributed by atoms with van der Waals surface area (Å²) < 4.78 is 0. The van der Waals surface area contributed by atoms with E-state index >= 15 is 0 Å². The molecule has 1 N–H and O–H groups in total. The molecule has 2 heterocycles. The molecule has 0 aromatic carbocycles. The van der Waals surface area contributed by atoms with Gasteiger partial charge in [0.1, 0.15) is 5.82 Å². The lowest BCUT2D eigenvalue weighted by molar-refractivity contribution is 1.16. The van der Waals surface area contributed by atoms with E-state index in [-0.39, 0.29) is 0 Å². The summed E-state index contributed by atoms with van der Waals surface area (Å²) in [6.07, 6.45) is 1.78. The van der Waals surface area contributed by atoms with Gasteiger partial charge in [0, 0.05) is 11.5 Å². The zero-order valence-electron chi connectivity index (χ0n) is 6.63. The summed E-state index contributed by atoms with van der Waals surface area (Å²) in [6, 6.07) is 1.98. The highest BCUT2D eigenvalue weighted by molar-refractivity contribution is 9.08. The molecule has 2 aromatic rings. The summed E-state index contributed by atoms with van der Waals surface area (Å²) in [5.74, 6) is 0.908. The van der Waals surface area contributed by atoms with Crippen molar-refractivity contribution < 1.29 is 0 Å². The Morgan fingerprint density at radius 3 is 3.17 bits per heavy atom. The van der Waals surface area contributed by atoms with Crippen molar-refractivity contribution in [2.75, 3.05) is 0 Å². The Hall–Kier alpha value is -0.900. The van der Waals surface area contributed by atoms with E-state index in [1.807, 2.05) is 13.0 Å². The summed E-state index contributed by atoms with van der Waals surface area (Å²) in [7, 11) is 0. The molecule has 4 heteroatoms. The van der Waals surface area contributed by atoms with Gasteiger partial charge in [0.15, 0.2) is 5.65 Å². The maximum absolute atomic E-state index is 4.23. The van der Waals surface area contributed by atoms with Gasteiger partial charge < -0.3 is 4.98 Å². The van der Waals surface area contributed by atoms with Crippen LogP contribution in [-0.4, -0.2) is 15.0 Å². The average Bonchev–Trinajstić information content (AvgIpc) is 2.44. The Morgan fingerprint density at radius 2 is 2.42 bits per heavy atom. The molecule has 0 amide bonds. The number of aryl methyl sites for hydroxylation is 1. The number of aromatic nitrogens is 3. The normalized spacial score (nSPS) is 10.8. The van der Waals surface area contributed by atoms with Crippen LogP contribution < -0.4 is 0 Å². The number of nitrogens with zero attached hydrogens (tertiary/aromatic N) is 2. The number of hydrogen-bond donors (Lipinski definition) is 1. The highest BCUT2D eigenvalue weighted by atomic mass is 79.9. The molecule has 0 radical (unpaired) electrons. The fraction of sp³-hybridized carbons (Fsp3) is 0.250. The molecular weight excluding hydrogens is 218 g/mol. The molecule has 62 valence electrons. The largest absolute Gasteiger partial charge is 0.341 e. The molecule has 0 aliphatic rings. The summed E-state index contributed by atoms with van der Waals surface area (Å²) in [5.41, 5.74) is 3.02. The lowest BCUT2D eigenvalue weighted by atomic mass is 10.3. The van der Waals surface area contributed by atoms with Crippen molar-refractivity contribution in [3.05, 3.63) is 23.7 Å². The zero-order chi connectivity index (χ0) is 8.55. The molecule has 3 nitrogen and oxygen atoms in total. The van der Waals surface area contributed by atoms with Crippen molar-refractivity contribution in [2.45, 2.75) is 12.3 Å². The molecule has 0 aliphatic heterocycles. The van der Waals surface area contributed by atoms with Crippen LogP contribution in [0.1, 0.15) is 11.4 Å². The molecule has 0 saturated heterocycles. The monoisotopic (exact) mass is 225 g/mol. The minimum absolute atomic E-state index is 0.796. The van der Waals surface area contributed by atoms with Crippen LogP contribution in [0.15, 0.2) is 12.3 Å². The van der Waals surface area contributed by atoms with Gasteiger partial charge >= 0.3 is 0 Å². The van der Waals surface area contributed by atoms with Crippen LogP contribution in [0.25, 0.3) is 11.2 Å². The second-order valence-corrected chi connectivity index (χ2v) is 3.19. The highest BCUT2D eigenvalue weighted by Gasteiger charge is 2.03. The van der Waals surface area contributed by atoms with E-state index in [1.54, 1.807) is 6.20 Å². The number of halogens is 1. The van der Waals surface area contributed by atoms with Crippen molar-refractivity contribution in [1.29, 1.82) is 0 Å². The minimum atomic E-state index is 0.796. The maximum Gasteiger partial charge on any atom is 0.177 e. The first-order chi connectivity index (χ1) is 5.81. The minimum Gasteiger partial charge on any atom is -0.341 e. The Morgan fingerprint density at radius 1 is 1.58 bits per heavy atom. The number of rotatable bonds is 1. The average molecular weight is 226 g/mol. The van der Waals surface area contributed by atoms with Crippen LogP contribution >= 0.6 is 15.9 Å². The molecule has 0 atom stereocenters. The van der Waals surface area contributed by atoms with Crippen molar-refractivity contribution >= 4 is 27.1 Å². The topological polar surface area (TPSA) is 41.6 Å². The molecule has 0 saturated carbocycles. The molecule has 0 fully saturated rings. The third kappa shape index (κ3) is 1.12. The van der Waals surface area contributed by atoms with Gasteiger partial charge in [0.2, 0.25) is 0 Å². The third-order valence-electron chi connectivity index (χ3n) is 1.74. The highest BCUT2D eigenvalue weighted by Crippen LogP contribution is 2.15. The predicted octanol–water partition coefficient (Wildman–Crippen LogP) is 2.16. The van der Waals surface area contributed by atoms with Crippen LogP contribution in [0.5, 0.6) is 0 Å². The summed E-state index contributed by atoms with van der Waals surface area (Å²) >= 11 is 3.41. The number of hydrogen-bond acceptors (Lipinski definition) is 2. The molecule has 2 rings (SSSR count). The van der Waals surface area contributed by atoms with E-state index < -0.39 is 0 Å². The van der Waals surface area contributed by atoms with Gasteiger partial charge in [-0.2, -0.15) is 0 Å². The van der Waals surface area contributed by atoms with Gasteiger partial charge in [-0.1, -0.05) is 15.9 Å². The maximum atomic E-state index is 4.23. The number of alkyl halides is 1. The third-order valence-corrected chi connectivity index (χ3v) is 2.34. The van der Waals surface area contributed by atoms with Crippen LogP contribution in [0.4, 0.5) is 0 Å². The van der Waals surface area contributed by atoms with E-state index in [9.17, 15) is 0 Å². The second-order valence-electron chi connectivity index (χ2n) is 2.62. The van der Waals surface area contributed by atoms with Gasteiger partial charge in [-0.25, -0.2) is 9.97 Å². The fourth-order valence-electron chi connectivity index (χ4n) is 1.19.